The highest BCUT2D eigenvalue weighted by atomic mass is 32.2. The molecule has 0 fully saturated rings. The van der Waals surface area contributed by atoms with Crippen LogP contribution in [0.1, 0.15) is 23.7 Å². The van der Waals surface area contributed by atoms with Crippen molar-refractivity contribution in [2.24, 2.45) is 0 Å². The van der Waals surface area contributed by atoms with Crippen molar-refractivity contribution >= 4 is 27.4 Å². The van der Waals surface area contributed by atoms with Crippen molar-refractivity contribution in [3.63, 3.8) is 0 Å². The second-order valence-electron chi connectivity index (χ2n) is 6.09. The van der Waals surface area contributed by atoms with Gasteiger partial charge < -0.3 is 10.1 Å². The highest BCUT2D eigenvalue weighted by Crippen LogP contribution is 2.17. The summed E-state index contributed by atoms with van der Waals surface area (Å²) in [6, 6.07) is 11.1. The normalized spacial score (nSPS) is 11.0. The van der Waals surface area contributed by atoms with E-state index in [0.717, 1.165) is 6.07 Å². The first-order chi connectivity index (χ1) is 14.2. The van der Waals surface area contributed by atoms with Gasteiger partial charge in [0.2, 0.25) is 10.0 Å². The van der Waals surface area contributed by atoms with Gasteiger partial charge in [0.1, 0.15) is 5.75 Å². The number of ketones is 1. The van der Waals surface area contributed by atoms with Crippen LogP contribution in [0.4, 0.5) is 5.69 Å². The molecule has 11 heteroatoms. The number of sulfonamides is 1. The molecule has 0 aromatic heterocycles. The Morgan fingerprint density at radius 1 is 1.10 bits per heavy atom. The molecule has 160 valence electrons. The van der Waals surface area contributed by atoms with Gasteiger partial charge in [-0.15, -0.1) is 0 Å². The van der Waals surface area contributed by atoms with E-state index >= 15 is 0 Å². The van der Waals surface area contributed by atoms with Crippen LogP contribution in [0.2, 0.25) is 0 Å². The molecule has 0 aliphatic rings. The molecule has 1 amide bonds. The summed E-state index contributed by atoms with van der Waals surface area (Å²) < 4.78 is 31.9. The third-order valence-corrected chi connectivity index (χ3v) is 5.40. The van der Waals surface area contributed by atoms with Gasteiger partial charge in [0.15, 0.2) is 12.4 Å². The molecule has 0 spiro atoms. The van der Waals surface area contributed by atoms with Crippen molar-refractivity contribution in [2.75, 3.05) is 19.7 Å². The molecule has 2 aromatic carbocycles. The zero-order valence-electron chi connectivity index (χ0n) is 16.2. The minimum atomic E-state index is -3.95. The highest BCUT2D eigenvalue weighted by Gasteiger charge is 2.17. The van der Waals surface area contributed by atoms with Gasteiger partial charge in [-0.1, -0.05) is 13.0 Å². The van der Waals surface area contributed by atoms with Crippen LogP contribution in [0.5, 0.6) is 5.75 Å². The molecule has 2 N–H and O–H groups in total. The number of nitrogens with zero attached hydrogens (tertiary/aromatic N) is 1. The van der Waals surface area contributed by atoms with Gasteiger partial charge in [-0.3, -0.25) is 19.7 Å². The van der Waals surface area contributed by atoms with Crippen LogP contribution in [0.25, 0.3) is 0 Å². The molecule has 2 aromatic rings. The van der Waals surface area contributed by atoms with Gasteiger partial charge in [-0.25, -0.2) is 13.1 Å². The van der Waals surface area contributed by atoms with Gasteiger partial charge in [0.05, 0.1) is 9.82 Å². The second-order valence-corrected chi connectivity index (χ2v) is 7.86. The minimum absolute atomic E-state index is 0.000288. The number of nitrogens with one attached hydrogen (secondary N) is 2. The fraction of sp³-hybridized carbons (Fsp3) is 0.263. The van der Waals surface area contributed by atoms with E-state index in [4.69, 9.17) is 4.74 Å². The molecule has 0 unspecified atom stereocenters. The smallest absolute Gasteiger partial charge is 0.270 e. The van der Waals surface area contributed by atoms with E-state index in [2.05, 4.69) is 10.0 Å². The van der Waals surface area contributed by atoms with Crippen molar-refractivity contribution < 1.29 is 27.7 Å². The summed E-state index contributed by atoms with van der Waals surface area (Å²) in [5, 5.41) is 13.2. The summed E-state index contributed by atoms with van der Waals surface area (Å²) in [6.45, 7) is 1.38. The van der Waals surface area contributed by atoms with E-state index in [1.54, 1.807) is 31.2 Å². The lowest BCUT2D eigenvalue weighted by Crippen LogP contribution is -2.36. The number of nitro benzene ring substituents is 1. The average molecular weight is 435 g/mol. The maximum atomic E-state index is 12.2. The maximum absolute atomic E-state index is 12.2. The van der Waals surface area contributed by atoms with Gasteiger partial charge in [0, 0.05) is 37.2 Å². The number of ether oxygens (including phenoxy) is 1. The number of Topliss-reactive ketones (excluding diaryl/α,β-unsaturated/α-hetero) is 1. The molecular weight excluding hydrogens is 414 g/mol. The Labute approximate surface area is 173 Å². The lowest BCUT2D eigenvalue weighted by atomic mass is 10.1. The van der Waals surface area contributed by atoms with Crippen molar-refractivity contribution in [1.82, 2.24) is 10.0 Å². The molecule has 0 atom stereocenters. The monoisotopic (exact) mass is 435 g/mol. The lowest BCUT2D eigenvalue weighted by Gasteiger charge is -2.09. The number of amides is 1. The topological polar surface area (TPSA) is 145 Å². The van der Waals surface area contributed by atoms with Crippen molar-refractivity contribution in [3.8, 4) is 5.75 Å². The standard InChI is InChI=1S/C19H21N3O7S/c1-2-18(23)14-6-8-16(9-7-14)29-13-19(24)20-10-11-21-30(27,28)17-5-3-4-15(12-17)22(25)26/h3-9,12,21H,2,10-11,13H2,1H3,(H,20,24). The first-order valence-corrected chi connectivity index (χ1v) is 10.5. The number of nitro groups is 1. The van der Waals surface area contributed by atoms with Crippen LogP contribution in [-0.2, 0) is 14.8 Å². The Morgan fingerprint density at radius 2 is 1.80 bits per heavy atom. The number of carbonyl (C=O) groups is 2. The minimum Gasteiger partial charge on any atom is -0.484 e. The molecule has 0 heterocycles. The van der Waals surface area contributed by atoms with Crippen LogP contribution in [0.15, 0.2) is 53.4 Å². The molecule has 0 radical (unpaired) electrons. The number of hydrogen-bond donors (Lipinski definition) is 2. The Hall–Kier alpha value is -3.31. The SMILES string of the molecule is CCC(=O)c1ccc(OCC(=O)NCCNS(=O)(=O)c2cccc([N+](=O)[O-])c2)cc1. The van der Waals surface area contributed by atoms with E-state index in [9.17, 15) is 28.1 Å². The van der Waals surface area contributed by atoms with Gasteiger partial charge in [-0.05, 0) is 30.3 Å². The summed E-state index contributed by atoms with van der Waals surface area (Å²) in [5.74, 6) is -0.0331. The van der Waals surface area contributed by atoms with Gasteiger partial charge in [-0.2, -0.15) is 0 Å². The Morgan fingerprint density at radius 3 is 2.43 bits per heavy atom. The van der Waals surface area contributed by atoms with E-state index in [1.165, 1.54) is 18.2 Å². The van der Waals surface area contributed by atoms with Crippen molar-refractivity contribution in [2.45, 2.75) is 18.2 Å². The highest BCUT2D eigenvalue weighted by molar-refractivity contribution is 7.89. The predicted molar refractivity (Wildman–Crippen MR) is 108 cm³/mol. The lowest BCUT2D eigenvalue weighted by molar-refractivity contribution is -0.385. The predicted octanol–water partition coefficient (Wildman–Crippen LogP) is 1.66. The van der Waals surface area contributed by atoms with E-state index < -0.39 is 20.9 Å². The summed E-state index contributed by atoms with van der Waals surface area (Å²) in [6.07, 6.45) is 0.396. The summed E-state index contributed by atoms with van der Waals surface area (Å²) in [4.78, 5) is 33.2. The summed E-state index contributed by atoms with van der Waals surface area (Å²) in [5.41, 5.74) is 0.223. The molecule has 10 nitrogen and oxygen atoms in total. The quantitative estimate of drug-likeness (QED) is 0.236. The van der Waals surface area contributed by atoms with Crippen molar-refractivity contribution in [3.05, 3.63) is 64.2 Å². The molecule has 2 rings (SSSR count). The zero-order chi connectivity index (χ0) is 22.1. The zero-order valence-corrected chi connectivity index (χ0v) is 17.0. The third-order valence-electron chi connectivity index (χ3n) is 3.95. The third kappa shape index (κ3) is 6.64. The van der Waals surface area contributed by atoms with E-state index in [-0.39, 0.29) is 36.1 Å². The van der Waals surface area contributed by atoms with E-state index in [0.29, 0.717) is 17.7 Å². The summed E-state index contributed by atoms with van der Waals surface area (Å²) >= 11 is 0. The second kappa shape index (κ2) is 10.5. The number of non-ortho nitro benzene ring substituents is 1. The van der Waals surface area contributed by atoms with Crippen LogP contribution in [0.3, 0.4) is 0 Å². The number of hydrogen-bond acceptors (Lipinski definition) is 7. The Bertz CT molecular complexity index is 1020. The molecule has 30 heavy (non-hydrogen) atoms. The van der Waals surface area contributed by atoms with Crippen molar-refractivity contribution in [1.29, 1.82) is 0 Å². The maximum Gasteiger partial charge on any atom is 0.270 e. The molecule has 0 saturated carbocycles. The molecular formula is C19H21N3O7S. The first-order valence-electron chi connectivity index (χ1n) is 9.00. The Kier molecular flexibility index (Phi) is 8.01. The van der Waals surface area contributed by atoms with Crippen LogP contribution in [-0.4, -0.2) is 44.7 Å². The fourth-order valence-electron chi connectivity index (χ4n) is 2.38. The molecule has 0 aliphatic carbocycles. The molecule has 0 aliphatic heterocycles. The number of rotatable bonds is 11. The number of carbonyl (C=O) groups excluding carboxylic acids is 2. The average Bonchev–Trinajstić information content (AvgIpc) is 2.75. The molecule has 0 saturated heterocycles. The largest absolute Gasteiger partial charge is 0.484 e. The van der Waals surface area contributed by atoms with Crippen LogP contribution < -0.4 is 14.8 Å². The molecule has 0 bridgehead atoms. The number of benzene rings is 2. The van der Waals surface area contributed by atoms with Crippen LogP contribution >= 0.6 is 0 Å². The van der Waals surface area contributed by atoms with Crippen LogP contribution in [0, 0.1) is 10.1 Å². The van der Waals surface area contributed by atoms with E-state index in [1.807, 2.05) is 0 Å². The Balaban J connectivity index is 1.76. The van der Waals surface area contributed by atoms with Gasteiger partial charge >= 0.3 is 0 Å². The fourth-order valence-corrected chi connectivity index (χ4v) is 3.45. The summed E-state index contributed by atoms with van der Waals surface area (Å²) in [7, 11) is -3.95. The van der Waals surface area contributed by atoms with Gasteiger partial charge in [0.25, 0.3) is 11.6 Å². The first kappa shape index (κ1) is 23.0.